The van der Waals surface area contributed by atoms with Gasteiger partial charge in [0.1, 0.15) is 5.75 Å². The Kier molecular flexibility index (Phi) is 7.40. The molecular weight excluding hydrogens is 420 g/mol. The van der Waals surface area contributed by atoms with Crippen molar-refractivity contribution in [3.63, 3.8) is 0 Å². The van der Waals surface area contributed by atoms with Gasteiger partial charge in [-0.3, -0.25) is 4.84 Å². The van der Waals surface area contributed by atoms with Crippen LogP contribution < -0.4 is 10.1 Å². The first kappa shape index (κ1) is 22.1. The number of nitrogens with one attached hydrogen (secondary N) is 1. The molecule has 0 atom stereocenters. The zero-order valence-corrected chi connectivity index (χ0v) is 16.5. The number of amides is 2. The van der Waals surface area contributed by atoms with E-state index in [-0.39, 0.29) is 23.1 Å². The number of carbonyl (C=O) groups is 1. The molecule has 2 amide bonds. The summed E-state index contributed by atoms with van der Waals surface area (Å²) in [5.41, 5.74) is -0.0591. The number of hydrogen-bond acceptors (Lipinski definition) is 3. The van der Waals surface area contributed by atoms with Gasteiger partial charge in [0, 0.05) is 35.3 Å². The van der Waals surface area contributed by atoms with Crippen LogP contribution in [0, 0.1) is 0 Å². The number of hydroxylamine groups is 2. The average molecular weight is 437 g/mol. The maximum absolute atomic E-state index is 12.8. The molecule has 10 heteroatoms. The summed E-state index contributed by atoms with van der Waals surface area (Å²) in [7, 11) is 2.81. The summed E-state index contributed by atoms with van der Waals surface area (Å²) in [6, 6.07) is 7.82. The van der Waals surface area contributed by atoms with Crippen LogP contribution in [0.4, 0.5) is 23.7 Å². The second-order valence-corrected chi connectivity index (χ2v) is 6.47. The molecule has 0 aromatic heterocycles. The van der Waals surface area contributed by atoms with Crippen molar-refractivity contribution in [2.45, 2.75) is 12.6 Å². The standard InChI is InChI=1S/C18H17Cl2F3N2O3/c1-25(27-2)17(26)24-12-4-3-5-13(10-12)28-7-6-14-15(19)8-11(9-16(14)20)18(21,22)23/h3-5,8-10H,6-7H2,1-2H3,(H,24,26). The largest absolute Gasteiger partial charge is 0.493 e. The normalized spacial score (nSPS) is 11.2. The number of urea groups is 1. The number of carbonyl (C=O) groups excluding carboxylic acids is 1. The molecule has 5 nitrogen and oxygen atoms in total. The third kappa shape index (κ3) is 5.92. The molecule has 0 radical (unpaired) electrons. The fraction of sp³-hybridized carbons (Fsp3) is 0.278. The molecular formula is C18H17Cl2F3N2O3. The van der Waals surface area contributed by atoms with Crippen molar-refractivity contribution in [1.82, 2.24) is 5.06 Å². The van der Waals surface area contributed by atoms with Gasteiger partial charge in [-0.2, -0.15) is 13.2 Å². The Morgan fingerprint density at radius 2 is 1.82 bits per heavy atom. The van der Waals surface area contributed by atoms with Crippen molar-refractivity contribution < 1.29 is 27.5 Å². The Balaban J connectivity index is 2.00. The summed E-state index contributed by atoms with van der Waals surface area (Å²) in [5, 5.41) is 3.48. The molecule has 0 aliphatic rings. The molecule has 0 unspecified atom stereocenters. The van der Waals surface area contributed by atoms with E-state index in [1.807, 2.05) is 0 Å². The van der Waals surface area contributed by atoms with Crippen molar-refractivity contribution in [3.8, 4) is 5.75 Å². The molecule has 0 aliphatic heterocycles. The van der Waals surface area contributed by atoms with E-state index in [0.717, 1.165) is 17.2 Å². The molecule has 0 aliphatic carbocycles. The highest BCUT2D eigenvalue weighted by atomic mass is 35.5. The number of halogens is 5. The molecule has 0 heterocycles. The van der Waals surface area contributed by atoms with E-state index in [1.54, 1.807) is 24.3 Å². The number of anilines is 1. The van der Waals surface area contributed by atoms with Gasteiger partial charge in [0.25, 0.3) is 0 Å². The maximum atomic E-state index is 12.8. The number of ether oxygens (including phenoxy) is 1. The van der Waals surface area contributed by atoms with Gasteiger partial charge >= 0.3 is 12.2 Å². The summed E-state index contributed by atoms with van der Waals surface area (Å²) in [5.74, 6) is 0.456. The summed E-state index contributed by atoms with van der Waals surface area (Å²) < 4.78 is 43.9. The molecule has 2 rings (SSSR count). The quantitative estimate of drug-likeness (QED) is 0.594. The Bertz CT molecular complexity index is 824. The van der Waals surface area contributed by atoms with Crippen LogP contribution in [0.2, 0.25) is 10.0 Å². The molecule has 28 heavy (non-hydrogen) atoms. The minimum absolute atomic E-state index is 0.0768. The van der Waals surface area contributed by atoms with Crippen molar-refractivity contribution in [2.24, 2.45) is 0 Å². The van der Waals surface area contributed by atoms with Crippen LogP contribution in [0.25, 0.3) is 0 Å². The van der Waals surface area contributed by atoms with Gasteiger partial charge < -0.3 is 10.1 Å². The summed E-state index contributed by atoms with van der Waals surface area (Å²) >= 11 is 11.9. The monoisotopic (exact) mass is 436 g/mol. The average Bonchev–Trinajstić information content (AvgIpc) is 2.62. The van der Waals surface area contributed by atoms with Crippen LogP contribution in [0.3, 0.4) is 0 Å². The Labute approximate surface area is 169 Å². The Morgan fingerprint density at radius 3 is 2.39 bits per heavy atom. The number of alkyl halides is 3. The van der Waals surface area contributed by atoms with E-state index >= 15 is 0 Å². The van der Waals surface area contributed by atoms with Gasteiger partial charge in [-0.05, 0) is 29.8 Å². The molecule has 152 valence electrons. The lowest BCUT2D eigenvalue weighted by molar-refractivity contribution is -0.137. The van der Waals surface area contributed by atoms with Crippen molar-refractivity contribution in [2.75, 3.05) is 26.1 Å². The molecule has 0 saturated carbocycles. The van der Waals surface area contributed by atoms with Gasteiger partial charge in [0.05, 0.1) is 19.3 Å². The lowest BCUT2D eigenvalue weighted by Gasteiger charge is -2.15. The number of benzene rings is 2. The van der Waals surface area contributed by atoms with Crippen molar-refractivity contribution in [3.05, 3.63) is 57.6 Å². The highest BCUT2D eigenvalue weighted by Gasteiger charge is 2.31. The minimum Gasteiger partial charge on any atom is -0.493 e. The van der Waals surface area contributed by atoms with E-state index in [4.69, 9.17) is 32.8 Å². The predicted molar refractivity (Wildman–Crippen MR) is 101 cm³/mol. The Morgan fingerprint density at radius 1 is 1.18 bits per heavy atom. The van der Waals surface area contributed by atoms with E-state index in [9.17, 15) is 18.0 Å². The number of nitrogens with zero attached hydrogens (tertiary/aromatic N) is 1. The third-order valence-corrected chi connectivity index (χ3v) is 4.41. The van der Waals surface area contributed by atoms with Gasteiger partial charge in [-0.25, -0.2) is 9.86 Å². The highest BCUT2D eigenvalue weighted by molar-refractivity contribution is 6.36. The highest BCUT2D eigenvalue weighted by Crippen LogP contribution is 2.36. The maximum Gasteiger partial charge on any atom is 0.416 e. The lowest BCUT2D eigenvalue weighted by Crippen LogP contribution is -2.30. The minimum atomic E-state index is -4.52. The van der Waals surface area contributed by atoms with E-state index in [2.05, 4.69) is 5.32 Å². The summed E-state index contributed by atoms with van der Waals surface area (Å²) in [6.07, 6.45) is -4.32. The molecule has 0 saturated heterocycles. The van der Waals surface area contributed by atoms with E-state index in [1.165, 1.54) is 14.2 Å². The smallest absolute Gasteiger partial charge is 0.416 e. The molecule has 0 bridgehead atoms. The second-order valence-electron chi connectivity index (χ2n) is 5.65. The van der Waals surface area contributed by atoms with Crippen molar-refractivity contribution in [1.29, 1.82) is 0 Å². The molecule has 2 aromatic rings. The predicted octanol–water partition coefficient (Wildman–Crippen LogP) is 5.66. The van der Waals surface area contributed by atoms with E-state index in [0.29, 0.717) is 17.0 Å². The zero-order valence-electron chi connectivity index (χ0n) is 14.9. The fourth-order valence-corrected chi connectivity index (χ4v) is 2.90. The SMILES string of the molecule is CON(C)C(=O)Nc1cccc(OCCc2c(Cl)cc(C(F)(F)F)cc2Cl)c1. The third-order valence-electron chi connectivity index (χ3n) is 3.73. The van der Waals surface area contributed by atoms with Gasteiger partial charge in [0.2, 0.25) is 0 Å². The Hall–Kier alpha value is -2.16. The summed E-state index contributed by atoms with van der Waals surface area (Å²) in [6.45, 7) is 0.125. The van der Waals surface area contributed by atoms with Gasteiger partial charge in [0.15, 0.2) is 0 Å². The van der Waals surface area contributed by atoms with Crippen LogP contribution in [-0.2, 0) is 17.4 Å². The fourth-order valence-electron chi connectivity index (χ4n) is 2.23. The zero-order chi connectivity index (χ0) is 20.9. The molecule has 0 fully saturated rings. The topological polar surface area (TPSA) is 50.8 Å². The lowest BCUT2D eigenvalue weighted by atomic mass is 10.1. The van der Waals surface area contributed by atoms with Crippen LogP contribution in [0.5, 0.6) is 5.75 Å². The molecule has 0 spiro atoms. The van der Waals surface area contributed by atoms with Crippen LogP contribution in [0.15, 0.2) is 36.4 Å². The molecule has 2 aromatic carbocycles. The van der Waals surface area contributed by atoms with E-state index < -0.39 is 17.8 Å². The van der Waals surface area contributed by atoms with Gasteiger partial charge in [-0.1, -0.05) is 29.3 Å². The number of rotatable bonds is 6. The number of hydrogen-bond donors (Lipinski definition) is 1. The second kappa shape index (κ2) is 9.36. The van der Waals surface area contributed by atoms with Crippen LogP contribution in [0.1, 0.15) is 11.1 Å². The van der Waals surface area contributed by atoms with Crippen molar-refractivity contribution >= 4 is 34.9 Å². The van der Waals surface area contributed by atoms with Crippen LogP contribution >= 0.6 is 23.2 Å². The first-order valence-corrected chi connectivity index (χ1v) is 8.74. The summed E-state index contributed by atoms with van der Waals surface area (Å²) in [4.78, 5) is 16.5. The van der Waals surface area contributed by atoms with Crippen LogP contribution in [-0.4, -0.2) is 31.9 Å². The first-order valence-electron chi connectivity index (χ1n) is 7.98. The van der Waals surface area contributed by atoms with Gasteiger partial charge in [-0.15, -0.1) is 0 Å². The molecule has 1 N–H and O–H groups in total. The first-order chi connectivity index (χ1) is 13.1.